The van der Waals surface area contributed by atoms with Gasteiger partial charge in [-0.05, 0) is 18.2 Å². The van der Waals surface area contributed by atoms with Crippen LogP contribution in [0.5, 0.6) is 0 Å². The molecule has 0 aromatic carbocycles. The number of nitrogens with one attached hydrogen (secondary N) is 1. The zero-order valence-corrected chi connectivity index (χ0v) is 9.90. The maximum atomic E-state index is 11.7. The van der Waals surface area contributed by atoms with Crippen molar-refractivity contribution in [3.8, 4) is 0 Å². The number of rotatable bonds is 2. The molecule has 0 radical (unpaired) electrons. The maximum absolute atomic E-state index is 11.7. The predicted octanol–water partition coefficient (Wildman–Crippen LogP) is 2.43. The zero-order chi connectivity index (χ0) is 12.3. The first-order valence-electron chi connectivity index (χ1n) is 4.56. The van der Waals surface area contributed by atoms with E-state index in [9.17, 15) is 4.79 Å². The number of anilines is 1. The molecule has 17 heavy (non-hydrogen) atoms. The fourth-order valence-electron chi connectivity index (χ4n) is 1.08. The van der Waals surface area contributed by atoms with Crippen LogP contribution in [0.3, 0.4) is 0 Å². The average molecular weight is 269 g/mol. The number of aromatic nitrogens is 3. The minimum absolute atomic E-state index is 0.137. The number of hydrogen-bond acceptors (Lipinski definition) is 4. The van der Waals surface area contributed by atoms with E-state index < -0.39 is 0 Å². The van der Waals surface area contributed by atoms with Crippen molar-refractivity contribution in [1.29, 1.82) is 0 Å². The van der Waals surface area contributed by atoms with Gasteiger partial charge in [0.15, 0.2) is 0 Å². The fourth-order valence-corrected chi connectivity index (χ4v) is 1.33. The third kappa shape index (κ3) is 3.12. The summed E-state index contributed by atoms with van der Waals surface area (Å²) >= 11 is 11.3. The molecule has 0 saturated carbocycles. The molecule has 1 amide bonds. The lowest BCUT2D eigenvalue weighted by molar-refractivity contribution is 0.102. The highest BCUT2D eigenvalue weighted by Crippen LogP contribution is 2.09. The minimum Gasteiger partial charge on any atom is -0.290 e. The van der Waals surface area contributed by atoms with Crippen LogP contribution in [0, 0.1) is 0 Å². The van der Waals surface area contributed by atoms with Crippen molar-refractivity contribution in [3.63, 3.8) is 0 Å². The van der Waals surface area contributed by atoms with E-state index in [4.69, 9.17) is 23.2 Å². The quantitative estimate of drug-likeness (QED) is 0.671. The molecular weight excluding hydrogens is 263 g/mol. The highest BCUT2D eigenvalue weighted by atomic mass is 35.5. The van der Waals surface area contributed by atoms with Crippen molar-refractivity contribution in [2.45, 2.75) is 0 Å². The Bertz CT molecular complexity index is 544. The molecule has 0 unspecified atom stereocenters. The van der Waals surface area contributed by atoms with Crippen molar-refractivity contribution >= 4 is 35.1 Å². The van der Waals surface area contributed by atoms with Gasteiger partial charge in [0.1, 0.15) is 10.3 Å². The summed E-state index contributed by atoms with van der Waals surface area (Å²) in [7, 11) is 0. The van der Waals surface area contributed by atoms with Gasteiger partial charge in [-0.1, -0.05) is 23.2 Å². The van der Waals surface area contributed by atoms with Crippen LogP contribution in [0.4, 0.5) is 5.95 Å². The molecule has 0 aliphatic rings. The SMILES string of the molecule is O=C(Nc1nccc(Cl)n1)c1ccc(Cl)nc1. The van der Waals surface area contributed by atoms with Crippen LogP contribution in [0.2, 0.25) is 10.3 Å². The zero-order valence-electron chi connectivity index (χ0n) is 8.39. The molecule has 0 aliphatic heterocycles. The third-order valence-corrected chi connectivity index (χ3v) is 2.27. The van der Waals surface area contributed by atoms with E-state index in [1.54, 1.807) is 6.07 Å². The predicted molar refractivity (Wildman–Crippen MR) is 64.2 cm³/mol. The Labute approximate surface area is 107 Å². The van der Waals surface area contributed by atoms with E-state index in [0.29, 0.717) is 10.7 Å². The van der Waals surface area contributed by atoms with Crippen molar-refractivity contribution < 1.29 is 4.79 Å². The smallest absolute Gasteiger partial charge is 0.259 e. The van der Waals surface area contributed by atoms with E-state index in [2.05, 4.69) is 20.3 Å². The minimum atomic E-state index is -0.378. The molecule has 0 spiro atoms. The second kappa shape index (κ2) is 5.07. The summed E-state index contributed by atoms with van der Waals surface area (Å²) in [5.74, 6) is -0.242. The monoisotopic (exact) mass is 268 g/mol. The lowest BCUT2D eigenvalue weighted by Gasteiger charge is -2.02. The lowest BCUT2D eigenvalue weighted by atomic mass is 10.3. The van der Waals surface area contributed by atoms with Crippen LogP contribution >= 0.6 is 23.2 Å². The summed E-state index contributed by atoms with van der Waals surface area (Å²) in [5.41, 5.74) is 0.359. The van der Waals surface area contributed by atoms with Gasteiger partial charge in [-0.2, -0.15) is 0 Å². The number of nitrogens with zero attached hydrogens (tertiary/aromatic N) is 3. The molecule has 0 fully saturated rings. The van der Waals surface area contributed by atoms with Crippen molar-refractivity contribution in [1.82, 2.24) is 15.0 Å². The third-order valence-electron chi connectivity index (χ3n) is 1.84. The van der Waals surface area contributed by atoms with Crippen LogP contribution in [0.15, 0.2) is 30.6 Å². The van der Waals surface area contributed by atoms with Gasteiger partial charge < -0.3 is 0 Å². The first kappa shape index (κ1) is 11.8. The number of carbonyl (C=O) groups excluding carboxylic acids is 1. The number of pyridine rings is 1. The van der Waals surface area contributed by atoms with E-state index in [-0.39, 0.29) is 17.0 Å². The number of carbonyl (C=O) groups is 1. The van der Waals surface area contributed by atoms with Gasteiger partial charge in [0.05, 0.1) is 5.56 Å². The van der Waals surface area contributed by atoms with E-state index in [1.165, 1.54) is 24.5 Å². The highest BCUT2D eigenvalue weighted by Gasteiger charge is 2.08. The summed E-state index contributed by atoms with van der Waals surface area (Å²) in [5, 5.41) is 3.06. The molecule has 2 aromatic heterocycles. The highest BCUT2D eigenvalue weighted by molar-refractivity contribution is 6.29. The molecular formula is C10H6Cl2N4O. The topological polar surface area (TPSA) is 67.8 Å². The molecule has 1 N–H and O–H groups in total. The van der Waals surface area contributed by atoms with Crippen LogP contribution < -0.4 is 5.32 Å². The molecule has 2 aromatic rings. The number of halogens is 2. The second-order valence-corrected chi connectivity index (χ2v) is 3.80. The first-order chi connectivity index (χ1) is 8.15. The van der Waals surface area contributed by atoms with Gasteiger partial charge in [-0.15, -0.1) is 0 Å². The molecule has 0 saturated heterocycles. The van der Waals surface area contributed by atoms with Gasteiger partial charge in [0, 0.05) is 12.4 Å². The molecule has 0 atom stereocenters. The second-order valence-electron chi connectivity index (χ2n) is 3.03. The Balaban J connectivity index is 2.14. The van der Waals surface area contributed by atoms with Crippen LogP contribution in [-0.4, -0.2) is 20.9 Å². The standard InChI is InChI=1S/C10H6Cl2N4O/c11-7-2-1-6(5-14-7)9(17)16-10-13-4-3-8(12)15-10/h1-5H,(H,13,15,16,17). The Morgan fingerprint density at radius 1 is 1.12 bits per heavy atom. The van der Waals surface area contributed by atoms with Crippen LogP contribution in [0.1, 0.15) is 10.4 Å². The van der Waals surface area contributed by atoms with E-state index in [0.717, 1.165) is 0 Å². The lowest BCUT2D eigenvalue weighted by Crippen LogP contribution is -2.14. The molecule has 0 bridgehead atoms. The molecule has 5 nitrogen and oxygen atoms in total. The van der Waals surface area contributed by atoms with Crippen LogP contribution in [-0.2, 0) is 0 Å². The molecule has 7 heteroatoms. The molecule has 86 valence electrons. The number of hydrogen-bond donors (Lipinski definition) is 1. The summed E-state index contributed by atoms with van der Waals surface area (Å²) in [6.07, 6.45) is 2.81. The Hall–Kier alpha value is -1.72. The summed E-state index contributed by atoms with van der Waals surface area (Å²) in [4.78, 5) is 23.2. The van der Waals surface area contributed by atoms with Gasteiger partial charge in [-0.25, -0.2) is 15.0 Å². The van der Waals surface area contributed by atoms with Crippen molar-refractivity contribution in [2.75, 3.05) is 5.32 Å². The largest absolute Gasteiger partial charge is 0.290 e. The van der Waals surface area contributed by atoms with Gasteiger partial charge in [-0.3, -0.25) is 10.1 Å². The molecule has 0 aliphatic carbocycles. The van der Waals surface area contributed by atoms with Gasteiger partial charge in [0.25, 0.3) is 5.91 Å². The van der Waals surface area contributed by atoms with Crippen molar-refractivity contribution in [2.24, 2.45) is 0 Å². The van der Waals surface area contributed by atoms with E-state index in [1.807, 2.05) is 0 Å². The van der Waals surface area contributed by atoms with E-state index >= 15 is 0 Å². The first-order valence-corrected chi connectivity index (χ1v) is 5.32. The normalized spacial score (nSPS) is 10.0. The Morgan fingerprint density at radius 2 is 1.94 bits per heavy atom. The molecule has 2 rings (SSSR count). The Morgan fingerprint density at radius 3 is 2.59 bits per heavy atom. The van der Waals surface area contributed by atoms with Gasteiger partial charge in [0.2, 0.25) is 5.95 Å². The van der Waals surface area contributed by atoms with Gasteiger partial charge >= 0.3 is 0 Å². The number of amides is 1. The summed E-state index contributed by atoms with van der Waals surface area (Å²) < 4.78 is 0. The fraction of sp³-hybridized carbons (Fsp3) is 0. The van der Waals surface area contributed by atoms with Crippen molar-refractivity contribution in [3.05, 3.63) is 46.5 Å². The Kier molecular flexibility index (Phi) is 3.51. The van der Waals surface area contributed by atoms with Crippen LogP contribution in [0.25, 0.3) is 0 Å². The summed E-state index contributed by atoms with van der Waals surface area (Å²) in [6.45, 7) is 0. The molecule has 2 heterocycles. The average Bonchev–Trinajstić information content (AvgIpc) is 2.29. The maximum Gasteiger partial charge on any atom is 0.259 e. The summed E-state index contributed by atoms with van der Waals surface area (Å²) in [6, 6.07) is 4.59.